The summed E-state index contributed by atoms with van der Waals surface area (Å²) in [5, 5.41) is 25.1. The van der Waals surface area contributed by atoms with Gasteiger partial charge in [0.15, 0.2) is 0 Å². The van der Waals surface area contributed by atoms with E-state index in [9.17, 15) is 33.9 Å². The first kappa shape index (κ1) is 30.7. The van der Waals surface area contributed by atoms with E-state index >= 15 is 0 Å². The third-order valence-corrected chi connectivity index (χ3v) is 4.90. The molecule has 0 aliphatic carbocycles. The van der Waals surface area contributed by atoms with Crippen LogP contribution < -0.4 is 33.2 Å². The van der Waals surface area contributed by atoms with Gasteiger partial charge in [0.1, 0.15) is 18.1 Å². The maximum absolute atomic E-state index is 12.8. The number of primary amides is 1. The van der Waals surface area contributed by atoms with E-state index in [0.717, 1.165) is 0 Å². The second-order valence-corrected chi connectivity index (χ2v) is 8.18. The lowest BCUT2D eigenvalue weighted by Crippen LogP contribution is -2.58. The Balaban J connectivity index is 5.54. The van der Waals surface area contributed by atoms with Crippen molar-refractivity contribution in [3.05, 3.63) is 0 Å². The molecule has 0 saturated heterocycles. The van der Waals surface area contributed by atoms with Crippen molar-refractivity contribution in [3.8, 4) is 0 Å². The third kappa shape index (κ3) is 12.1. The Morgan fingerprint density at radius 1 is 0.794 bits per heavy atom. The molecular weight excluding hydrogens is 452 g/mol. The Bertz CT molecular complexity index is 745. The van der Waals surface area contributed by atoms with Crippen LogP contribution in [-0.2, 0) is 28.8 Å². The average Bonchev–Trinajstić information content (AvgIpc) is 2.73. The minimum Gasteiger partial charge on any atom is -0.481 e. The number of hydrogen-bond acceptors (Lipinski definition) is 8. The van der Waals surface area contributed by atoms with E-state index in [2.05, 4.69) is 16.0 Å². The highest BCUT2D eigenvalue weighted by atomic mass is 16.4. The van der Waals surface area contributed by atoms with Crippen LogP contribution in [0.4, 0.5) is 0 Å². The van der Waals surface area contributed by atoms with Gasteiger partial charge in [-0.05, 0) is 38.1 Å². The van der Waals surface area contributed by atoms with E-state index in [0.29, 0.717) is 19.4 Å². The van der Waals surface area contributed by atoms with Crippen molar-refractivity contribution in [2.45, 2.75) is 76.5 Å². The highest BCUT2D eigenvalue weighted by Gasteiger charge is 2.31. The molecule has 34 heavy (non-hydrogen) atoms. The first-order valence-corrected chi connectivity index (χ1v) is 10.9. The number of rotatable bonds is 17. The molecule has 4 atom stereocenters. The molecule has 0 radical (unpaired) electrons. The van der Waals surface area contributed by atoms with Crippen molar-refractivity contribution in [1.29, 1.82) is 0 Å². The van der Waals surface area contributed by atoms with Gasteiger partial charge in [0.2, 0.25) is 23.6 Å². The van der Waals surface area contributed by atoms with Gasteiger partial charge in [0.25, 0.3) is 0 Å². The van der Waals surface area contributed by atoms with Crippen molar-refractivity contribution in [3.63, 3.8) is 0 Å². The number of nitrogens with one attached hydrogen (secondary N) is 3. The second-order valence-electron chi connectivity index (χ2n) is 8.18. The van der Waals surface area contributed by atoms with Crippen LogP contribution in [0.25, 0.3) is 0 Å². The lowest BCUT2D eigenvalue weighted by molar-refractivity contribution is -0.142. The van der Waals surface area contributed by atoms with E-state index in [1.807, 2.05) is 0 Å². The van der Waals surface area contributed by atoms with Crippen molar-refractivity contribution in [2.75, 3.05) is 6.54 Å². The van der Waals surface area contributed by atoms with Crippen molar-refractivity contribution in [1.82, 2.24) is 16.0 Å². The predicted molar refractivity (Wildman–Crippen MR) is 120 cm³/mol. The molecule has 194 valence electrons. The Kier molecular flexibility index (Phi) is 14.1. The summed E-state index contributed by atoms with van der Waals surface area (Å²) < 4.78 is 0. The van der Waals surface area contributed by atoms with Crippen LogP contribution in [0, 0.1) is 5.92 Å². The predicted octanol–water partition coefficient (Wildman–Crippen LogP) is -2.62. The normalized spacial score (nSPS) is 14.4. The van der Waals surface area contributed by atoms with Crippen LogP contribution in [0.3, 0.4) is 0 Å². The monoisotopic (exact) mass is 488 g/mol. The van der Waals surface area contributed by atoms with Crippen LogP contribution >= 0.6 is 0 Å². The number of carbonyl (C=O) groups excluding carboxylic acids is 4. The minimum atomic E-state index is -1.55. The second kappa shape index (κ2) is 15.6. The average molecular weight is 489 g/mol. The molecule has 0 heterocycles. The lowest BCUT2D eigenvalue weighted by Gasteiger charge is -2.25. The summed E-state index contributed by atoms with van der Waals surface area (Å²) in [7, 11) is 0. The van der Waals surface area contributed by atoms with Crippen molar-refractivity contribution < 1.29 is 39.0 Å². The minimum absolute atomic E-state index is 0.0693. The first-order valence-electron chi connectivity index (χ1n) is 10.9. The summed E-state index contributed by atoms with van der Waals surface area (Å²) in [5.74, 6) is -6.41. The number of carboxylic acid groups (broad SMARTS) is 2. The van der Waals surface area contributed by atoms with Crippen LogP contribution in [-0.4, -0.2) is 76.5 Å². The Labute approximate surface area is 197 Å². The number of carboxylic acids is 2. The highest BCUT2D eigenvalue weighted by molar-refractivity contribution is 5.96. The number of unbranched alkanes of at least 4 members (excludes halogenated alkanes) is 1. The highest BCUT2D eigenvalue weighted by Crippen LogP contribution is 2.06. The number of nitrogens with two attached hydrogens (primary N) is 3. The van der Waals surface area contributed by atoms with Gasteiger partial charge in [-0.15, -0.1) is 0 Å². The molecule has 0 aliphatic heterocycles. The molecule has 0 aromatic carbocycles. The van der Waals surface area contributed by atoms with E-state index in [-0.39, 0.29) is 18.8 Å². The molecule has 11 N–H and O–H groups in total. The van der Waals surface area contributed by atoms with E-state index in [1.165, 1.54) is 0 Å². The summed E-state index contributed by atoms with van der Waals surface area (Å²) >= 11 is 0. The molecular formula is C20H36N6O8. The molecule has 0 bridgehead atoms. The molecule has 0 aliphatic rings. The molecule has 14 heteroatoms. The van der Waals surface area contributed by atoms with Crippen LogP contribution in [0.2, 0.25) is 0 Å². The van der Waals surface area contributed by atoms with Gasteiger partial charge < -0.3 is 43.4 Å². The van der Waals surface area contributed by atoms with Gasteiger partial charge in [-0.3, -0.25) is 24.0 Å². The number of carbonyl (C=O) groups is 6. The fraction of sp³-hybridized carbons (Fsp3) is 0.700. The molecule has 0 saturated carbocycles. The standard InChI is InChI=1S/C20H36N6O8/c1-10(2)16(23)19(32)24-11(6-7-15(28)29)17(30)26-13(9-14(22)27)18(31)25-12(20(33)34)5-3-4-8-21/h10-13,16H,3-9,21,23H2,1-2H3,(H2,22,27)(H,24,32)(H,25,31)(H,26,30)(H,28,29)(H,33,34). The van der Waals surface area contributed by atoms with E-state index in [4.69, 9.17) is 22.3 Å². The van der Waals surface area contributed by atoms with Gasteiger partial charge in [-0.2, -0.15) is 0 Å². The molecule has 4 unspecified atom stereocenters. The summed E-state index contributed by atoms with van der Waals surface area (Å²) in [5.41, 5.74) is 16.3. The Morgan fingerprint density at radius 3 is 1.79 bits per heavy atom. The van der Waals surface area contributed by atoms with Gasteiger partial charge >= 0.3 is 11.9 Å². The maximum atomic E-state index is 12.8. The zero-order valence-corrected chi connectivity index (χ0v) is 19.4. The molecule has 0 spiro atoms. The van der Waals surface area contributed by atoms with E-state index in [1.54, 1.807) is 13.8 Å². The SMILES string of the molecule is CC(C)C(N)C(=O)NC(CCC(=O)O)C(=O)NC(CC(N)=O)C(=O)NC(CCCCN)C(=O)O. The first-order chi connectivity index (χ1) is 15.8. The molecule has 14 nitrogen and oxygen atoms in total. The zero-order chi connectivity index (χ0) is 26.4. The number of aliphatic carboxylic acids is 2. The fourth-order valence-electron chi connectivity index (χ4n) is 2.81. The van der Waals surface area contributed by atoms with Crippen LogP contribution in [0.1, 0.15) is 52.4 Å². The van der Waals surface area contributed by atoms with Crippen molar-refractivity contribution >= 4 is 35.6 Å². The number of amides is 4. The largest absolute Gasteiger partial charge is 0.481 e. The van der Waals surface area contributed by atoms with Crippen LogP contribution in [0.5, 0.6) is 0 Å². The van der Waals surface area contributed by atoms with Gasteiger partial charge in [-0.1, -0.05) is 13.8 Å². The quantitative estimate of drug-likeness (QED) is 0.0988. The zero-order valence-electron chi connectivity index (χ0n) is 19.4. The summed E-state index contributed by atoms with van der Waals surface area (Å²) in [4.78, 5) is 71.6. The van der Waals surface area contributed by atoms with Crippen molar-refractivity contribution in [2.24, 2.45) is 23.1 Å². The smallest absolute Gasteiger partial charge is 0.326 e. The van der Waals surface area contributed by atoms with Gasteiger partial charge in [0, 0.05) is 6.42 Å². The summed E-state index contributed by atoms with van der Waals surface area (Å²) in [6.45, 7) is 3.69. The number of hydrogen-bond donors (Lipinski definition) is 8. The Morgan fingerprint density at radius 2 is 1.32 bits per heavy atom. The molecule has 0 rings (SSSR count). The molecule has 0 aromatic rings. The molecule has 0 fully saturated rings. The van der Waals surface area contributed by atoms with Crippen LogP contribution in [0.15, 0.2) is 0 Å². The lowest BCUT2D eigenvalue weighted by atomic mass is 10.0. The third-order valence-electron chi connectivity index (χ3n) is 4.90. The van der Waals surface area contributed by atoms with Gasteiger partial charge in [0.05, 0.1) is 12.5 Å². The topological polar surface area (TPSA) is 257 Å². The maximum Gasteiger partial charge on any atom is 0.326 e. The summed E-state index contributed by atoms with van der Waals surface area (Å²) in [6, 6.07) is -5.20. The summed E-state index contributed by atoms with van der Waals surface area (Å²) in [6.07, 6.45) is -0.439. The molecule has 4 amide bonds. The molecule has 0 aromatic heterocycles. The van der Waals surface area contributed by atoms with E-state index < -0.39 is 72.6 Å². The Hall–Kier alpha value is -3.26. The fourth-order valence-corrected chi connectivity index (χ4v) is 2.81. The van der Waals surface area contributed by atoms with Gasteiger partial charge in [-0.25, -0.2) is 4.79 Å².